The second kappa shape index (κ2) is 13.1. The fourth-order valence-electron chi connectivity index (χ4n) is 5.69. The van der Waals surface area contributed by atoms with Gasteiger partial charge in [0.05, 0.1) is 12.0 Å². The molecule has 1 N–H and O–H groups in total. The quantitative estimate of drug-likeness (QED) is 0.451. The van der Waals surface area contributed by atoms with Crippen LogP contribution >= 0.6 is 0 Å². The van der Waals surface area contributed by atoms with Crippen LogP contribution in [0.4, 0.5) is 11.4 Å². The first-order valence-electron chi connectivity index (χ1n) is 14.3. The average molecular weight is 517 g/mol. The Kier molecular flexibility index (Phi) is 9.62. The Morgan fingerprint density at radius 3 is 2.37 bits per heavy atom. The Labute approximate surface area is 228 Å². The van der Waals surface area contributed by atoms with Crippen LogP contribution in [0.15, 0.2) is 71.9 Å². The van der Waals surface area contributed by atoms with Crippen molar-refractivity contribution in [3.8, 4) is 0 Å². The molecule has 204 valence electrons. The van der Waals surface area contributed by atoms with E-state index in [9.17, 15) is 9.59 Å². The highest BCUT2D eigenvalue weighted by atomic mass is 16.2. The SMILES string of the molecule is CCN(CC)CCN(C(C)=O)C1CCN(c2ccc(NC(=O)C3C=CC(C4C=CC(C)=CC4)=CC3)cc2)C1. The standard InChI is InChI=1S/C32H44N4O2/c1-5-34(6-2)21-22-36(25(4)37)31-19-20-35(23-31)30-17-15-29(16-18-30)33-32(38)28-13-11-27(12-14-28)26-9-7-24(3)8-10-26/h7-9,11-13,15-18,26,28,31H,5-6,10,14,19-23H2,1-4H3,(H,33,38). The second-order valence-electron chi connectivity index (χ2n) is 10.7. The molecule has 1 saturated heterocycles. The van der Waals surface area contributed by atoms with E-state index in [2.05, 4.69) is 78.4 Å². The van der Waals surface area contributed by atoms with E-state index in [1.165, 1.54) is 11.1 Å². The van der Waals surface area contributed by atoms with Crippen LogP contribution < -0.4 is 10.2 Å². The summed E-state index contributed by atoms with van der Waals surface area (Å²) in [5, 5.41) is 3.09. The Balaban J connectivity index is 1.27. The van der Waals surface area contributed by atoms with Gasteiger partial charge in [-0.2, -0.15) is 0 Å². The van der Waals surface area contributed by atoms with E-state index in [4.69, 9.17) is 0 Å². The molecular weight excluding hydrogens is 472 g/mol. The van der Waals surface area contributed by atoms with E-state index in [1.807, 2.05) is 23.1 Å². The van der Waals surface area contributed by atoms with Gasteiger partial charge in [0.2, 0.25) is 11.8 Å². The van der Waals surface area contributed by atoms with Crippen LogP contribution in [0.2, 0.25) is 0 Å². The van der Waals surface area contributed by atoms with Gasteiger partial charge in [0.25, 0.3) is 0 Å². The summed E-state index contributed by atoms with van der Waals surface area (Å²) in [6, 6.07) is 8.36. The molecule has 4 rings (SSSR count). The first-order chi connectivity index (χ1) is 18.4. The van der Waals surface area contributed by atoms with Crippen LogP contribution in [-0.2, 0) is 9.59 Å². The van der Waals surface area contributed by atoms with Gasteiger partial charge in [0, 0.05) is 50.4 Å². The normalized spacial score (nSPS) is 22.9. The molecule has 1 fully saturated rings. The summed E-state index contributed by atoms with van der Waals surface area (Å²) in [5.41, 5.74) is 4.57. The maximum absolute atomic E-state index is 12.9. The molecule has 6 nitrogen and oxygen atoms in total. The van der Waals surface area contributed by atoms with Crippen molar-refractivity contribution in [3.63, 3.8) is 0 Å². The van der Waals surface area contributed by atoms with Crippen molar-refractivity contribution in [1.29, 1.82) is 0 Å². The maximum Gasteiger partial charge on any atom is 0.231 e. The molecule has 0 bridgehead atoms. The minimum absolute atomic E-state index is 0.0331. The predicted octanol–water partition coefficient (Wildman–Crippen LogP) is 5.42. The summed E-state index contributed by atoms with van der Waals surface area (Å²) in [7, 11) is 0. The number of hydrogen-bond donors (Lipinski definition) is 1. The predicted molar refractivity (Wildman–Crippen MR) is 157 cm³/mol. The molecule has 0 saturated carbocycles. The molecule has 0 aromatic heterocycles. The van der Waals surface area contributed by atoms with E-state index in [0.717, 1.165) is 69.9 Å². The molecule has 3 atom stereocenters. The van der Waals surface area contributed by atoms with E-state index >= 15 is 0 Å². The molecular formula is C32H44N4O2. The van der Waals surface area contributed by atoms with Gasteiger partial charge in [0.15, 0.2) is 0 Å². The number of rotatable bonds is 10. The fourth-order valence-corrected chi connectivity index (χ4v) is 5.69. The zero-order valence-electron chi connectivity index (χ0n) is 23.5. The molecule has 6 heteroatoms. The number of amides is 2. The zero-order valence-corrected chi connectivity index (χ0v) is 23.5. The molecule has 3 unspecified atom stereocenters. The summed E-state index contributed by atoms with van der Waals surface area (Å²) in [6.45, 7) is 13.6. The third-order valence-corrected chi connectivity index (χ3v) is 8.24. The minimum Gasteiger partial charge on any atom is -0.369 e. The lowest BCUT2D eigenvalue weighted by Crippen LogP contribution is -2.45. The average Bonchev–Trinajstić information content (AvgIpc) is 3.41. The van der Waals surface area contributed by atoms with Crippen molar-refractivity contribution < 1.29 is 9.59 Å². The van der Waals surface area contributed by atoms with Crippen molar-refractivity contribution in [2.75, 3.05) is 49.5 Å². The second-order valence-corrected chi connectivity index (χ2v) is 10.7. The van der Waals surface area contributed by atoms with Crippen LogP contribution in [0.25, 0.3) is 0 Å². The molecule has 1 aliphatic heterocycles. The summed E-state index contributed by atoms with van der Waals surface area (Å²) in [6.07, 6.45) is 15.8. The van der Waals surface area contributed by atoms with Crippen LogP contribution in [0, 0.1) is 11.8 Å². The number of anilines is 2. The Bertz CT molecular complexity index is 1100. The molecule has 3 aliphatic rings. The van der Waals surface area contributed by atoms with Crippen molar-refractivity contribution in [2.45, 2.75) is 53.0 Å². The van der Waals surface area contributed by atoms with E-state index in [1.54, 1.807) is 6.92 Å². The lowest BCUT2D eigenvalue weighted by atomic mass is 9.85. The largest absolute Gasteiger partial charge is 0.369 e. The van der Waals surface area contributed by atoms with Gasteiger partial charge >= 0.3 is 0 Å². The number of likely N-dealkylation sites (N-methyl/N-ethyl adjacent to an activating group) is 1. The molecule has 1 heterocycles. The smallest absolute Gasteiger partial charge is 0.231 e. The lowest BCUT2D eigenvalue weighted by molar-refractivity contribution is -0.131. The van der Waals surface area contributed by atoms with Crippen LogP contribution in [0.1, 0.15) is 47.0 Å². The van der Waals surface area contributed by atoms with Crippen molar-refractivity contribution in [1.82, 2.24) is 9.80 Å². The van der Waals surface area contributed by atoms with Gasteiger partial charge < -0.3 is 20.0 Å². The first kappa shape index (κ1) is 27.9. The summed E-state index contributed by atoms with van der Waals surface area (Å²) < 4.78 is 0. The number of carbonyl (C=O) groups excluding carboxylic acids is 2. The summed E-state index contributed by atoms with van der Waals surface area (Å²) in [4.78, 5) is 32.0. The number of carbonyl (C=O) groups is 2. The maximum atomic E-state index is 12.9. The van der Waals surface area contributed by atoms with Gasteiger partial charge in [-0.05, 0) is 69.1 Å². The van der Waals surface area contributed by atoms with Gasteiger partial charge in [-0.25, -0.2) is 0 Å². The highest BCUT2D eigenvalue weighted by Gasteiger charge is 2.29. The van der Waals surface area contributed by atoms with E-state index in [-0.39, 0.29) is 23.8 Å². The van der Waals surface area contributed by atoms with Crippen molar-refractivity contribution in [2.24, 2.45) is 11.8 Å². The molecule has 0 radical (unpaired) electrons. The third-order valence-electron chi connectivity index (χ3n) is 8.24. The lowest BCUT2D eigenvalue weighted by Gasteiger charge is -2.30. The molecule has 1 aromatic carbocycles. The van der Waals surface area contributed by atoms with Gasteiger partial charge in [0.1, 0.15) is 0 Å². The highest BCUT2D eigenvalue weighted by Crippen LogP contribution is 2.30. The Morgan fingerprint density at radius 2 is 1.76 bits per heavy atom. The summed E-state index contributed by atoms with van der Waals surface area (Å²) in [5.74, 6) is 0.465. The number of hydrogen-bond acceptors (Lipinski definition) is 4. The van der Waals surface area contributed by atoms with Crippen molar-refractivity contribution in [3.05, 3.63) is 71.9 Å². The Hall–Kier alpha value is -3.12. The monoisotopic (exact) mass is 516 g/mol. The van der Waals surface area contributed by atoms with Crippen LogP contribution in [0.3, 0.4) is 0 Å². The fraction of sp³-hybridized carbons (Fsp3) is 0.500. The van der Waals surface area contributed by atoms with Crippen LogP contribution in [-0.4, -0.2) is 66.9 Å². The van der Waals surface area contributed by atoms with Crippen molar-refractivity contribution >= 4 is 23.2 Å². The van der Waals surface area contributed by atoms with Crippen LogP contribution in [0.5, 0.6) is 0 Å². The molecule has 38 heavy (non-hydrogen) atoms. The van der Waals surface area contributed by atoms with E-state index in [0.29, 0.717) is 5.92 Å². The highest BCUT2D eigenvalue weighted by molar-refractivity contribution is 5.94. The third kappa shape index (κ3) is 7.04. The zero-order chi connectivity index (χ0) is 27.1. The summed E-state index contributed by atoms with van der Waals surface area (Å²) >= 11 is 0. The first-order valence-corrected chi connectivity index (χ1v) is 14.3. The molecule has 1 aromatic rings. The van der Waals surface area contributed by atoms with Gasteiger partial charge in [-0.15, -0.1) is 0 Å². The number of nitrogens with zero attached hydrogens (tertiary/aromatic N) is 3. The topological polar surface area (TPSA) is 55.9 Å². The number of nitrogens with one attached hydrogen (secondary N) is 1. The Morgan fingerprint density at radius 1 is 1.00 bits per heavy atom. The molecule has 0 spiro atoms. The molecule has 2 aliphatic carbocycles. The minimum atomic E-state index is -0.142. The van der Waals surface area contributed by atoms with Gasteiger partial charge in [-0.1, -0.05) is 55.9 Å². The molecule has 2 amide bonds. The number of allylic oxidation sites excluding steroid dienone is 7. The number of benzene rings is 1. The van der Waals surface area contributed by atoms with E-state index < -0.39 is 0 Å². The van der Waals surface area contributed by atoms with Gasteiger partial charge in [-0.3, -0.25) is 9.59 Å².